The molecule has 0 aromatic carbocycles. The van der Waals surface area contributed by atoms with Crippen molar-refractivity contribution in [1.82, 2.24) is 0 Å². The average molecular weight is 1470 g/mol. The molecule has 0 bridgehead atoms. The van der Waals surface area contributed by atoms with Crippen LogP contribution in [-0.2, 0) is 65.4 Å². The van der Waals surface area contributed by atoms with Crippen LogP contribution in [0, 0.1) is 0 Å². The molecule has 0 amide bonds. The summed E-state index contributed by atoms with van der Waals surface area (Å²) in [7, 11) is -9.99. The molecule has 0 fully saturated rings. The van der Waals surface area contributed by atoms with E-state index in [-0.39, 0.29) is 25.7 Å². The summed E-state index contributed by atoms with van der Waals surface area (Å²) < 4.78 is 68.5. The normalized spacial score (nSPS) is 14.5. The van der Waals surface area contributed by atoms with Gasteiger partial charge >= 0.3 is 39.5 Å². The van der Waals surface area contributed by atoms with E-state index >= 15 is 0 Å². The molecular formula is C83H142O17P2. The molecule has 0 aliphatic rings. The van der Waals surface area contributed by atoms with Crippen molar-refractivity contribution in [3.8, 4) is 0 Å². The predicted octanol–water partition coefficient (Wildman–Crippen LogP) is 23.1. The van der Waals surface area contributed by atoms with E-state index in [4.69, 9.17) is 37.0 Å². The molecule has 5 atom stereocenters. The fourth-order valence-electron chi connectivity index (χ4n) is 10.3. The highest BCUT2D eigenvalue weighted by Gasteiger charge is 2.30. The minimum absolute atomic E-state index is 0.0629. The number of unbranched alkanes of at least 4 members (excludes halogenated alkanes) is 29. The molecule has 3 N–H and O–H groups in total. The Morgan fingerprint density at radius 1 is 0.284 bits per heavy atom. The molecule has 0 rings (SSSR count). The summed E-state index contributed by atoms with van der Waals surface area (Å²) in [5, 5.41) is 10.6. The lowest BCUT2D eigenvalue weighted by Gasteiger charge is -2.21. The molecule has 0 saturated heterocycles. The second-order valence-electron chi connectivity index (χ2n) is 26.3. The Kier molecular flexibility index (Phi) is 71.4. The van der Waals surface area contributed by atoms with Gasteiger partial charge in [-0.2, -0.15) is 0 Å². The summed E-state index contributed by atoms with van der Waals surface area (Å²) in [6.45, 7) is 4.67. The van der Waals surface area contributed by atoms with E-state index in [0.29, 0.717) is 38.5 Å². The number of hydrogen-bond donors (Lipinski definition) is 3. The van der Waals surface area contributed by atoms with Crippen LogP contribution in [0.1, 0.15) is 323 Å². The Balaban J connectivity index is 5.45. The SMILES string of the molecule is CCCCC/C=C\C/C=C\C/C=C\C/C=C\CCCC(=O)OC[C@H](COP(=O)(O)OC[C@H](O)COP(=O)(O)OC[C@@H](COC(=O)CCC/C=C\C/C=C\C/C=C\C/C=C\CCCCC)OC(=O)CCCCCCCCCCCCCCC)OC(=O)CCCCCCC/C=C\C=C/CCCCCC. The molecule has 0 aromatic rings. The summed E-state index contributed by atoms with van der Waals surface area (Å²) >= 11 is 0. The molecule has 0 aromatic heterocycles. The molecule has 0 saturated carbocycles. The third-order valence-corrected chi connectivity index (χ3v) is 18.3. The highest BCUT2D eigenvalue weighted by Crippen LogP contribution is 2.45. The first-order valence-electron chi connectivity index (χ1n) is 39.8. The first-order valence-corrected chi connectivity index (χ1v) is 42.8. The molecule has 0 spiro atoms. The molecule has 0 aliphatic carbocycles. The molecular weight excluding hydrogens is 1330 g/mol. The number of aliphatic hydroxyl groups excluding tert-OH is 1. The molecule has 0 radical (unpaired) electrons. The van der Waals surface area contributed by atoms with Crippen molar-refractivity contribution in [1.29, 1.82) is 0 Å². The smallest absolute Gasteiger partial charge is 0.462 e. The lowest BCUT2D eigenvalue weighted by atomic mass is 10.0. The van der Waals surface area contributed by atoms with Gasteiger partial charge in [-0.05, 0) is 128 Å². The molecule has 2 unspecified atom stereocenters. The van der Waals surface area contributed by atoms with E-state index in [1.54, 1.807) is 0 Å². The maximum absolute atomic E-state index is 13.1. The molecule has 19 heteroatoms. The number of esters is 4. The number of aliphatic hydroxyl groups is 1. The topological polar surface area (TPSA) is 237 Å². The van der Waals surface area contributed by atoms with Gasteiger partial charge in [0, 0.05) is 25.7 Å². The third-order valence-electron chi connectivity index (χ3n) is 16.4. The number of ether oxygens (including phenoxy) is 4. The number of rotatable bonds is 74. The van der Waals surface area contributed by atoms with Gasteiger partial charge < -0.3 is 33.8 Å². The summed E-state index contributed by atoms with van der Waals surface area (Å²) in [6, 6.07) is 0. The van der Waals surface area contributed by atoms with Crippen molar-refractivity contribution >= 4 is 39.5 Å². The minimum atomic E-state index is -5.00. The van der Waals surface area contributed by atoms with Crippen molar-refractivity contribution in [3.63, 3.8) is 0 Å². The fraction of sp³-hybridized carbons (Fsp3) is 0.711. The van der Waals surface area contributed by atoms with E-state index in [1.807, 2.05) is 24.3 Å². The van der Waals surface area contributed by atoms with Gasteiger partial charge in [0.05, 0.1) is 26.4 Å². The monoisotopic (exact) mass is 1470 g/mol. The van der Waals surface area contributed by atoms with Gasteiger partial charge in [-0.15, -0.1) is 0 Å². The van der Waals surface area contributed by atoms with E-state index in [2.05, 4.69) is 125 Å². The van der Waals surface area contributed by atoms with Crippen LogP contribution in [0.25, 0.3) is 0 Å². The second kappa shape index (κ2) is 74.7. The standard InChI is InChI=1S/C83H142O17P2/c1-5-9-13-17-21-25-29-33-36-38-41-44-47-51-55-59-63-67-80(85)93-73-78(99-82(87)69-65-61-57-53-49-43-32-28-24-20-16-12-8-4)75-97-101(89,90)95-71-77(84)72-96-102(91,92)98-76-79(100-83(88)70-66-62-58-54-50-46-40-35-31-27-23-19-15-11-7-3)74-94-81(86)68-64-60-56-52-48-45-42-39-37-34-30-26-22-18-14-10-6-2/h21-22,25-27,31,33-37,40-42,44-45,51-52,55-56,77-79,84H,5-20,23-24,28-30,32,38-39,43,46-50,53-54,57-76H2,1-4H3,(H,89,90)(H,91,92)/b25-21-,26-22-,31-27-,36-33-,37-34-,40-35-,44-41-,45-42-,55-51-,56-52-/t77-,78-,79-/m1/s1. The molecule has 0 heterocycles. The Bertz CT molecular complexity index is 2410. The Labute approximate surface area is 619 Å². The largest absolute Gasteiger partial charge is 0.472 e. The Hall–Kier alpha value is -4.54. The maximum atomic E-state index is 13.1. The lowest BCUT2D eigenvalue weighted by molar-refractivity contribution is -0.161. The summed E-state index contributed by atoms with van der Waals surface area (Å²) in [4.78, 5) is 72.9. The molecule has 102 heavy (non-hydrogen) atoms. The van der Waals surface area contributed by atoms with Crippen LogP contribution in [-0.4, -0.2) is 96.7 Å². The number of carbonyl (C=O) groups is 4. The number of phosphoric acid groups is 2. The molecule has 17 nitrogen and oxygen atoms in total. The van der Waals surface area contributed by atoms with E-state index in [1.165, 1.54) is 116 Å². The quantitative estimate of drug-likeness (QED) is 0.0128. The first kappa shape index (κ1) is 97.5. The van der Waals surface area contributed by atoms with Gasteiger partial charge in [0.1, 0.15) is 19.3 Å². The predicted molar refractivity (Wildman–Crippen MR) is 418 cm³/mol. The van der Waals surface area contributed by atoms with Crippen LogP contribution in [0.5, 0.6) is 0 Å². The van der Waals surface area contributed by atoms with Crippen LogP contribution in [0.2, 0.25) is 0 Å². The minimum Gasteiger partial charge on any atom is -0.462 e. The van der Waals surface area contributed by atoms with Gasteiger partial charge in [-0.1, -0.05) is 290 Å². The van der Waals surface area contributed by atoms with Crippen LogP contribution in [0.4, 0.5) is 0 Å². The third kappa shape index (κ3) is 73.8. The first-order chi connectivity index (χ1) is 49.7. The summed E-state index contributed by atoms with van der Waals surface area (Å²) in [5.74, 6) is -2.31. The van der Waals surface area contributed by atoms with Gasteiger partial charge in [0.2, 0.25) is 0 Å². The zero-order valence-corrected chi connectivity index (χ0v) is 65.8. The van der Waals surface area contributed by atoms with Gasteiger partial charge in [-0.3, -0.25) is 37.3 Å². The zero-order valence-electron chi connectivity index (χ0n) is 64.0. The van der Waals surface area contributed by atoms with Crippen LogP contribution < -0.4 is 0 Å². The number of hydrogen-bond acceptors (Lipinski definition) is 15. The number of carbonyl (C=O) groups excluding carboxylic acids is 4. The number of allylic oxidation sites excluding steroid dienone is 20. The van der Waals surface area contributed by atoms with Crippen LogP contribution in [0.3, 0.4) is 0 Å². The van der Waals surface area contributed by atoms with Gasteiger partial charge in [-0.25, -0.2) is 9.13 Å². The average Bonchev–Trinajstić information content (AvgIpc) is 0.939. The van der Waals surface area contributed by atoms with Gasteiger partial charge in [0.25, 0.3) is 0 Å². The summed E-state index contributed by atoms with van der Waals surface area (Å²) in [5.41, 5.74) is 0. The number of phosphoric ester groups is 2. The highest BCUT2D eigenvalue weighted by molar-refractivity contribution is 7.47. The zero-order chi connectivity index (χ0) is 74.6. The lowest BCUT2D eigenvalue weighted by Crippen LogP contribution is -2.30. The van der Waals surface area contributed by atoms with E-state index in [9.17, 15) is 43.2 Å². The van der Waals surface area contributed by atoms with Crippen LogP contribution >= 0.6 is 15.6 Å². The molecule has 0 aliphatic heterocycles. The van der Waals surface area contributed by atoms with Crippen molar-refractivity contribution < 1.29 is 80.2 Å². The van der Waals surface area contributed by atoms with Crippen molar-refractivity contribution in [2.45, 2.75) is 341 Å². The highest BCUT2D eigenvalue weighted by atomic mass is 31.2. The fourth-order valence-corrected chi connectivity index (χ4v) is 11.9. The maximum Gasteiger partial charge on any atom is 0.472 e. The van der Waals surface area contributed by atoms with E-state index in [0.717, 1.165) is 116 Å². The Morgan fingerprint density at radius 3 is 0.853 bits per heavy atom. The molecule has 586 valence electrons. The van der Waals surface area contributed by atoms with Crippen molar-refractivity contribution in [3.05, 3.63) is 122 Å². The van der Waals surface area contributed by atoms with E-state index < -0.39 is 97.5 Å². The second-order valence-corrected chi connectivity index (χ2v) is 29.2. The van der Waals surface area contributed by atoms with Crippen molar-refractivity contribution in [2.24, 2.45) is 0 Å². The van der Waals surface area contributed by atoms with Crippen molar-refractivity contribution in [2.75, 3.05) is 39.6 Å². The Morgan fingerprint density at radius 2 is 0.520 bits per heavy atom. The summed E-state index contributed by atoms with van der Waals surface area (Å²) in [6.07, 6.45) is 81.9. The van der Waals surface area contributed by atoms with Gasteiger partial charge in [0.15, 0.2) is 12.2 Å². The van der Waals surface area contributed by atoms with Crippen LogP contribution in [0.15, 0.2) is 122 Å².